The fourth-order valence-corrected chi connectivity index (χ4v) is 4.32. The lowest BCUT2D eigenvalue weighted by Gasteiger charge is -2.50. The van der Waals surface area contributed by atoms with Gasteiger partial charge in [-0.15, -0.1) is 0 Å². The number of nitrogens with zero attached hydrogens (tertiary/aromatic N) is 1. The van der Waals surface area contributed by atoms with Gasteiger partial charge in [-0.05, 0) is 42.7 Å². The molecule has 0 bridgehead atoms. The van der Waals surface area contributed by atoms with Gasteiger partial charge in [0.1, 0.15) is 24.5 Å². The maximum absolute atomic E-state index is 14.6. The molecule has 2 aliphatic heterocycles. The summed E-state index contributed by atoms with van der Waals surface area (Å²) in [7, 11) is 0. The fourth-order valence-electron chi connectivity index (χ4n) is 4.32. The molecule has 2 heterocycles. The first-order valence-corrected chi connectivity index (χ1v) is 9.08. The molecule has 2 aromatic carbocycles. The van der Waals surface area contributed by atoms with Crippen molar-refractivity contribution < 1.29 is 27.5 Å². The van der Waals surface area contributed by atoms with Crippen LogP contribution in [0.4, 0.5) is 13.2 Å². The quantitative estimate of drug-likeness (QED) is 0.758. The Bertz CT molecular complexity index is 931. The summed E-state index contributed by atoms with van der Waals surface area (Å²) in [5.41, 5.74) is -0.836. The van der Waals surface area contributed by atoms with Gasteiger partial charge < -0.3 is 14.4 Å². The molecule has 0 radical (unpaired) electrons. The average Bonchev–Trinajstić information content (AvgIpc) is 2.71. The maximum Gasteiger partial charge on any atom is 0.227 e. The molecule has 28 heavy (non-hydrogen) atoms. The molecule has 0 aliphatic carbocycles. The molecule has 2 aliphatic rings. The molecule has 0 unspecified atom stereocenters. The number of piperidine rings is 1. The minimum Gasteiger partial charge on any atom is -0.488 e. The largest absolute Gasteiger partial charge is 0.488 e. The van der Waals surface area contributed by atoms with E-state index in [-0.39, 0.29) is 30.2 Å². The Labute approximate surface area is 159 Å². The molecule has 1 fully saturated rings. The van der Waals surface area contributed by atoms with Crippen LogP contribution in [0.25, 0.3) is 0 Å². The lowest BCUT2D eigenvalue weighted by molar-refractivity contribution is -0.140. The second-order valence-corrected chi connectivity index (χ2v) is 7.21. The Balaban J connectivity index is 1.69. The minimum atomic E-state index is -1.35. The highest BCUT2D eigenvalue weighted by atomic mass is 19.1. The molecule has 1 amide bonds. The number of hydrogen-bond donors (Lipinski definition) is 0. The summed E-state index contributed by atoms with van der Waals surface area (Å²) in [6.45, 7) is 0.289. The van der Waals surface area contributed by atoms with Crippen LogP contribution in [-0.4, -0.2) is 36.3 Å². The average molecular weight is 389 g/mol. The van der Waals surface area contributed by atoms with E-state index in [0.29, 0.717) is 31.2 Å². The highest BCUT2D eigenvalue weighted by Gasteiger charge is 2.53. The summed E-state index contributed by atoms with van der Waals surface area (Å²) >= 11 is 0. The fraction of sp³-hybridized carbons (Fsp3) is 0.333. The van der Waals surface area contributed by atoms with Crippen LogP contribution >= 0.6 is 0 Å². The van der Waals surface area contributed by atoms with E-state index in [2.05, 4.69) is 0 Å². The third kappa shape index (κ3) is 2.85. The number of aldehydes is 1. The van der Waals surface area contributed by atoms with Crippen molar-refractivity contribution in [2.24, 2.45) is 0 Å². The molecule has 0 spiro atoms. The summed E-state index contributed by atoms with van der Waals surface area (Å²) in [5, 5.41) is 0. The minimum absolute atomic E-state index is 0.0181. The summed E-state index contributed by atoms with van der Waals surface area (Å²) in [6, 6.07) is 6.80. The predicted octanol–water partition coefficient (Wildman–Crippen LogP) is 3.17. The van der Waals surface area contributed by atoms with Crippen molar-refractivity contribution in [3.05, 3.63) is 65.0 Å². The van der Waals surface area contributed by atoms with Gasteiger partial charge in [-0.3, -0.25) is 4.79 Å². The number of fused-ring (bicyclic) bond motifs is 3. The van der Waals surface area contributed by atoms with Crippen LogP contribution < -0.4 is 4.74 Å². The van der Waals surface area contributed by atoms with E-state index in [0.717, 1.165) is 12.1 Å². The van der Waals surface area contributed by atoms with Gasteiger partial charge in [0.15, 0.2) is 11.6 Å². The summed E-state index contributed by atoms with van der Waals surface area (Å²) in [4.78, 5) is 26.6. The maximum atomic E-state index is 14.6. The molecule has 1 saturated heterocycles. The molecule has 2 atom stereocenters. The predicted molar refractivity (Wildman–Crippen MR) is 94.4 cm³/mol. The Kier molecular flexibility index (Phi) is 4.61. The Morgan fingerprint density at radius 2 is 1.86 bits per heavy atom. The van der Waals surface area contributed by atoms with Crippen LogP contribution in [0.1, 0.15) is 24.0 Å². The smallest absolute Gasteiger partial charge is 0.227 e. The zero-order valence-electron chi connectivity index (χ0n) is 15.0. The summed E-state index contributed by atoms with van der Waals surface area (Å²) in [5.74, 6) is -2.38. The van der Waals surface area contributed by atoms with Gasteiger partial charge in [-0.2, -0.15) is 0 Å². The number of halogens is 3. The van der Waals surface area contributed by atoms with Gasteiger partial charge in [0.25, 0.3) is 0 Å². The van der Waals surface area contributed by atoms with E-state index < -0.39 is 28.9 Å². The van der Waals surface area contributed by atoms with Crippen molar-refractivity contribution in [2.75, 3.05) is 13.2 Å². The van der Waals surface area contributed by atoms with Gasteiger partial charge in [0.2, 0.25) is 5.91 Å². The van der Waals surface area contributed by atoms with Crippen LogP contribution in [0.5, 0.6) is 5.75 Å². The zero-order valence-corrected chi connectivity index (χ0v) is 15.0. The molecule has 0 saturated carbocycles. The Morgan fingerprint density at radius 3 is 2.57 bits per heavy atom. The number of amides is 1. The van der Waals surface area contributed by atoms with E-state index in [4.69, 9.17) is 4.74 Å². The number of hydrogen-bond acceptors (Lipinski definition) is 3. The van der Waals surface area contributed by atoms with E-state index in [1.54, 1.807) is 0 Å². The molecule has 0 N–H and O–H groups in total. The van der Waals surface area contributed by atoms with E-state index >= 15 is 0 Å². The van der Waals surface area contributed by atoms with Gasteiger partial charge >= 0.3 is 0 Å². The topological polar surface area (TPSA) is 46.6 Å². The van der Waals surface area contributed by atoms with Crippen molar-refractivity contribution >= 4 is 12.2 Å². The number of rotatable bonds is 3. The third-order valence-electron chi connectivity index (χ3n) is 5.67. The molecule has 7 heteroatoms. The van der Waals surface area contributed by atoms with Crippen molar-refractivity contribution in [1.82, 2.24) is 4.90 Å². The van der Waals surface area contributed by atoms with Crippen molar-refractivity contribution in [1.29, 1.82) is 0 Å². The molecular weight excluding hydrogens is 371 g/mol. The van der Waals surface area contributed by atoms with Crippen LogP contribution in [0, 0.1) is 17.5 Å². The molecule has 4 rings (SSSR count). The van der Waals surface area contributed by atoms with Gasteiger partial charge in [0.05, 0.1) is 17.9 Å². The van der Waals surface area contributed by atoms with Crippen LogP contribution in [0.3, 0.4) is 0 Å². The normalized spacial score (nSPS) is 23.4. The first-order valence-electron chi connectivity index (χ1n) is 9.08. The highest BCUT2D eigenvalue weighted by molar-refractivity contribution is 5.82. The first kappa shape index (κ1) is 18.5. The SMILES string of the molecule is O=C[C@]12CCCN(C(=O)Cc3ccc(F)cc3)[C@H]1COc1c(F)ccc(F)c12. The number of benzene rings is 2. The molecule has 4 nitrogen and oxygen atoms in total. The van der Waals surface area contributed by atoms with Crippen molar-refractivity contribution in [3.8, 4) is 5.75 Å². The summed E-state index contributed by atoms with van der Waals surface area (Å²) < 4.78 is 47.3. The Morgan fingerprint density at radius 1 is 1.14 bits per heavy atom. The van der Waals surface area contributed by atoms with Crippen LogP contribution in [0.15, 0.2) is 36.4 Å². The van der Waals surface area contributed by atoms with Crippen LogP contribution in [-0.2, 0) is 21.4 Å². The van der Waals surface area contributed by atoms with E-state index in [1.807, 2.05) is 0 Å². The number of carbonyl (C=O) groups is 2. The number of carbonyl (C=O) groups excluding carboxylic acids is 2. The lowest BCUT2D eigenvalue weighted by atomic mass is 9.67. The molecule has 146 valence electrons. The lowest BCUT2D eigenvalue weighted by Crippen LogP contribution is -2.62. The molecule has 0 aromatic heterocycles. The first-order chi connectivity index (χ1) is 13.5. The van der Waals surface area contributed by atoms with E-state index in [1.165, 1.54) is 29.2 Å². The monoisotopic (exact) mass is 389 g/mol. The number of likely N-dealkylation sites (tertiary alicyclic amines) is 1. The van der Waals surface area contributed by atoms with Gasteiger partial charge in [0, 0.05) is 12.1 Å². The standard InChI is InChI=1S/C21H18F3NO3/c22-14-4-2-13(3-5-14)10-18(27)25-9-1-8-21(12-26)17(25)11-28-20-16(24)7-6-15(23)19(20)21/h2-7,12,17H,1,8-11H2/t17-,21+/m0/s1. The van der Waals surface area contributed by atoms with E-state index in [9.17, 15) is 22.8 Å². The summed E-state index contributed by atoms with van der Waals surface area (Å²) in [6.07, 6.45) is 1.42. The second kappa shape index (κ2) is 6.96. The third-order valence-corrected chi connectivity index (χ3v) is 5.67. The van der Waals surface area contributed by atoms with Crippen molar-refractivity contribution in [2.45, 2.75) is 30.7 Å². The Hall–Kier alpha value is -2.83. The molecular formula is C21H18F3NO3. The second-order valence-electron chi connectivity index (χ2n) is 7.21. The number of ether oxygens (including phenoxy) is 1. The zero-order chi connectivity index (χ0) is 19.9. The van der Waals surface area contributed by atoms with Gasteiger partial charge in [-0.25, -0.2) is 13.2 Å². The highest BCUT2D eigenvalue weighted by Crippen LogP contribution is 2.47. The van der Waals surface area contributed by atoms with Crippen LogP contribution in [0.2, 0.25) is 0 Å². The van der Waals surface area contributed by atoms with Crippen molar-refractivity contribution in [3.63, 3.8) is 0 Å². The van der Waals surface area contributed by atoms with Gasteiger partial charge in [-0.1, -0.05) is 12.1 Å². The molecule has 2 aromatic rings.